The molecule has 0 aliphatic carbocycles. The third kappa shape index (κ3) is 6.38. The molecule has 118 valence electrons. The Bertz CT molecular complexity index is 527. The zero-order valence-electron chi connectivity index (χ0n) is 14.7. The van der Waals surface area contributed by atoms with Crippen LogP contribution < -0.4 is 0 Å². The normalized spacial score (nSPS) is 14.6. The molecule has 0 bridgehead atoms. The van der Waals surface area contributed by atoms with E-state index in [9.17, 15) is 0 Å². The molecular weight excluding hydrogens is 266 g/mol. The van der Waals surface area contributed by atoms with Gasteiger partial charge in [-0.15, -0.1) is 26.0 Å². The Morgan fingerprint density at radius 3 is 1.91 bits per heavy atom. The maximum absolute atomic E-state index is 5.61. The van der Waals surface area contributed by atoms with E-state index in [4.69, 9.17) is 12.8 Å². The summed E-state index contributed by atoms with van der Waals surface area (Å²) in [6.45, 7) is 14.8. The van der Waals surface area contributed by atoms with Gasteiger partial charge in [-0.25, -0.2) is 0 Å². The van der Waals surface area contributed by atoms with Crippen molar-refractivity contribution in [2.45, 2.75) is 34.1 Å². The Morgan fingerprint density at radius 1 is 1.00 bits per heavy atom. The summed E-state index contributed by atoms with van der Waals surface area (Å²) in [4.78, 5) is 2.15. The summed E-state index contributed by atoms with van der Waals surface area (Å²) in [7, 11) is 2.04. The minimum absolute atomic E-state index is 0.663. The van der Waals surface area contributed by atoms with Crippen LogP contribution in [0.4, 0.5) is 0 Å². The first-order valence-electron chi connectivity index (χ1n) is 7.52. The number of likely N-dealkylation sites (N-methyl/N-ethyl adjacent to an activating group) is 1. The van der Waals surface area contributed by atoms with Crippen molar-refractivity contribution < 1.29 is 0 Å². The van der Waals surface area contributed by atoms with Crippen LogP contribution in [0.15, 0.2) is 59.9 Å². The van der Waals surface area contributed by atoms with E-state index in [2.05, 4.69) is 36.0 Å². The molecule has 1 aliphatic rings. The average molecular weight is 295 g/mol. The standard InChI is InChI=1S/C17H19N.C2H6.C2H4/c1-6-10-16-13-18(5)17(11-7-2)15(9-4)12-14(16)8-3;2*1-2/h3-4,6-7,10-11H,12-13H2,1-2,5H3;1-2H3;1-2H2/b10-6-,11-7-;;. The summed E-state index contributed by atoms with van der Waals surface area (Å²) < 4.78 is 0. The lowest BCUT2D eigenvalue weighted by Gasteiger charge is -2.20. The number of hydrogen-bond acceptors (Lipinski definition) is 1. The van der Waals surface area contributed by atoms with Crippen molar-refractivity contribution in [3.63, 3.8) is 0 Å². The summed E-state index contributed by atoms with van der Waals surface area (Å²) in [6, 6.07) is 0. The summed E-state index contributed by atoms with van der Waals surface area (Å²) in [5.74, 6) is 5.54. The molecule has 0 aromatic rings. The third-order valence-electron chi connectivity index (χ3n) is 2.91. The van der Waals surface area contributed by atoms with Crippen molar-refractivity contribution in [2.24, 2.45) is 0 Å². The van der Waals surface area contributed by atoms with E-state index in [1.807, 2.05) is 53.0 Å². The van der Waals surface area contributed by atoms with Gasteiger partial charge in [0.1, 0.15) is 0 Å². The zero-order valence-corrected chi connectivity index (χ0v) is 14.7. The fourth-order valence-corrected chi connectivity index (χ4v) is 2.06. The smallest absolute Gasteiger partial charge is 0.0484 e. The molecule has 1 heterocycles. The van der Waals surface area contributed by atoms with Gasteiger partial charge in [-0.1, -0.05) is 43.9 Å². The number of rotatable bonds is 2. The molecule has 0 amide bonds. The molecule has 1 rings (SSSR count). The maximum atomic E-state index is 5.61. The molecule has 0 spiro atoms. The van der Waals surface area contributed by atoms with Crippen LogP contribution in [-0.2, 0) is 0 Å². The van der Waals surface area contributed by atoms with Crippen molar-refractivity contribution in [3.8, 4) is 24.7 Å². The molecule has 0 atom stereocenters. The molecule has 0 aromatic heterocycles. The minimum Gasteiger partial charge on any atom is -0.369 e. The Labute approximate surface area is 137 Å². The van der Waals surface area contributed by atoms with Gasteiger partial charge in [0.05, 0.1) is 0 Å². The monoisotopic (exact) mass is 295 g/mol. The van der Waals surface area contributed by atoms with Gasteiger partial charge in [-0.3, -0.25) is 0 Å². The fraction of sp³-hybridized carbons (Fsp3) is 0.333. The van der Waals surface area contributed by atoms with E-state index in [0.717, 1.165) is 29.0 Å². The molecule has 0 radical (unpaired) electrons. The molecule has 0 aromatic carbocycles. The average Bonchev–Trinajstić information content (AvgIpc) is 2.69. The van der Waals surface area contributed by atoms with E-state index >= 15 is 0 Å². The Kier molecular flexibility index (Phi) is 13.5. The van der Waals surface area contributed by atoms with Crippen LogP contribution in [0.2, 0.25) is 0 Å². The van der Waals surface area contributed by atoms with Crippen molar-refractivity contribution >= 4 is 0 Å². The third-order valence-corrected chi connectivity index (χ3v) is 2.91. The Morgan fingerprint density at radius 2 is 1.50 bits per heavy atom. The second-order valence-electron chi connectivity index (χ2n) is 4.19. The van der Waals surface area contributed by atoms with Gasteiger partial charge in [-0.05, 0) is 25.5 Å². The van der Waals surface area contributed by atoms with E-state index < -0.39 is 0 Å². The van der Waals surface area contributed by atoms with Gasteiger partial charge in [0.25, 0.3) is 0 Å². The fourth-order valence-electron chi connectivity index (χ4n) is 2.06. The highest BCUT2D eigenvalue weighted by molar-refractivity contribution is 5.49. The van der Waals surface area contributed by atoms with Gasteiger partial charge in [0, 0.05) is 36.9 Å². The first kappa shape index (κ1) is 21.9. The number of allylic oxidation sites excluding steroid dienone is 5. The second kappa shape index (κ2) is 13.6. The first-order valence-corrected chi connectivity index (χ1v) is 7.52. The topological polar surface area (TPSA) is 3.24 Å². The SMILES string of the molecule is C#CC1=C(/C=C\C)CN(C)C(/C=C\C)=C(C#C)C1.C=C.CC. The lowest BCUT2D eigenvalue weighted by atomic mass is 10.0. The van der Waals surface area contributed by atoms with Crippen molar-refractivity contribution in [3.05, 3.63) is 59.9 Å². The van der Waals surface area contributed by atoms with Crippen LogP contribution in [0.3, 0.4) is 0 Å². The summed E-state index contributed by atoms with van der Waals surface area (Å²) in [5, 5.41) is 0. The van der Waals surface area contributed by atoms with Gasteiger partial charge >= 0.3 is 0 Å². The second-order valence-corrected chi connectivity index (χ2v) is 4.19. The summed E-state index contributed by atoms with van der Waals surface area (Å²) in [5.41, 5.74) is 4.16. The molecule has 0 N–H and O–H groups in total. The minimum atomic E-state index is 0.663. The zero-order chi connectivity index (χ0) is 17.5. The highest BCUT2D eigenvalue weighted by atomic mass is 15.1. The van der Waals surface area contributed by atoms with Crippen LogP contribution in [0, 0.1) is 24.7 Å². The number of terminal acetylenes is 2. The predicted octanol–water partition coefficient (Wildman–Crippen LogP) is 5.12. The largest absolute Gasteiger partial charge is 0.369 e. The van der Waals surface area contributed by atoms with E-state index in [1.165, 1.54) is 0 Å². The van der Waals surface area contributed by atoms with Gasteiger partial charge < -0.3 is 4.90 Å². The first-order chi connectivity index (χ1) is 10.7. The molecule has 1 aliphatic heterocycles. The maximum Gasteiger partial charge on any atom is 0.0484 e. The van der Waals surface area contributed by atoms with Crippen LogP contribution in [0.25, 0.3) is 0 Å². The number of nitrogens with zero attached hydrogens (tertiary/aromatic N) is 1. The van der Waals surface area contributed by atoms with Crippen LogP contribution >= 0.6 is 0 Å². The van der Waals surface area contributed by atoms with Crippen LogP contribution in [-0.4, -0.2) is 18.5 Å². The summed E-state index contributed by atoms with van der Waals surface area (Å²) >= 11 is 0. The van der Waals surface area contributed by atoms with E-state index in [1.54, 1.807) is 0 Å². The lowest BCUT2D eigenvalue weighted by molar-refractivity contribution is 0.471. The molecule has 0 unspecified atom stereocenters. The van der Waals surface area contributed by atoms with Crippen molar-refractivity contribution in [2.75, 3.05) is 13.6 Å². The Balaban J connectivity index is 0. The quantitative estimate of drug-likeness (QED) is 0.505. The summed E-state index contributed by atoms with van der Waals surface area (Å²) in [6.07, 6.45) is 20.0. The van der Waals surface area contributed by atoms with Crippen LogP contribution in [0.5, 0.6) is 0 Å². The highest BCUT2D eigenvalue weighted by Crippen LogP contribution is 2.26. The van der Waals surface area contributed by atoms with Gasteiger partial charge in [0.15, 0.2) is 0 Å². The van der Waals surface area contributed by atoms with Crippen molar-refractivity contribution in [1.82, 2.24) is 4.90 Å². The number of hydrogen-bond donors (Lipinski definition) is 0. The Hall–Kier alpha value is -2.38. The highest BCUT2D eigenvalue weighted by Gasteiger charge is 2.16. The van der Waals surface area contributed by atoms with Gasteiger partial charge in [0.2, 0.25) is 0 Å². The van der Waals surface area contributed by atoms with Gasteiger partial charge in [-0.2, -0.15) is 0 Å². The van der Waals surface area contributed by atoms with Crippen LogP contribution in [0.1, 0.15) is 34.1 Å². The molecule has 1 nitrogen and oxygen atoms in total. The molecule has 0 fully saturated rings. The van der Waals surface area contributed by atoms with E-state index in [-0.39, 0.29) is 0 Å². The van der Waals surface area contributed by atoms with E-state index in [0.29, 0.717) is 6.42 Å². The lowest BCUT2D eigenvalue weighted by Crippen LogP contribution is -2.19. The van der Waals surface area contributed by atoms with Crippen molar-refractivity contribution in [1.29, 1.82) is 0 Å². The molecular formula is C21H29N. The molecule has 22 heavy (non-hydrogen) atoms. The predicted molar refractivity (Wildman–Crippen MR) is 101 cm³/mol. The molecule has 0 saturated carbocycles. The molecule has 1 heteroatoms. The molecule has 0 saturated heterocycles.